The molecule has 0 radical (unpaired) electrons. The minimum atomic E-state index is -1.00. The fraction of sp³-hybridized carbons (Fsp3) is 0.143. The molecule has 1 aromatic heterocycles. The van der Waals surface area contributed by atoms with Crippen molar-refractivity contribution in [3.05, 3.63) is 52.4 Å². The van der Waals surface area contributed by atoms with Crippen molar-refractivity contribution in [1.29, 1.82) is 0 Å². The molecule has 0 aliphatic heterocycles. The van der Waals surface area contributed by atoms with Crippen LogP contribution in [-0.2, 0) is 11.3 Å². The third-order valence-corrected chi connectivity index (χ3v) is 3.54. The van der Waals surface area contributed by atoms with Crippen molar-refractivity contribution in [2.45, 2.75) is 6.61 Å². The number of amides is 1. The van der Waals surface area contributed by atoms with Crippen LogP contribution in [0, 0.1) is 0 Å². The van der Waals surface area contributed by atoms with Gasteiger partial charge >= 0.3 is 5.97 Å². The predicted octanol–water partition coefficient (Wildman–Crippen LogP) is 2.85. The monoisotopic (exact) mass is 291 g/mol. The number of carboxylic acid groups (broad SMARTS) is 1. The molecule has 2 aromatic rings. The summed E-state index contributed by atoms with van der Waals surface area (Å²) in [5.41, 5.74) is 1.40. The number of aromatic carboxylic acids is 1. The number of nitrogens with one attached hydrogen (secondary N) is 1. The van der Waals surface area contributed by atoms with Crippen LogP contribution in [0.3, 0.4) is 0 Å². The van der Waals surface area contributed by atoms with E-state index < -0.39 is 5.97 Å². The van der Waals surface area contributed by atoms with E-state index in [0.717, 1.165) is 16.9 Å². The van der Waals surface area contributed by atoms with E-state index in [1.165, 1.54) is 6.07 Å². The van der Waals surface area contributed by atoms with Gasteiger partial charge in [0.25, 0.3) is 5.91 Å². The Morgan fingerprint density at radius 1 is 1.30 bits per heavy atom. The van der Waals surface area contributed by atoms with Gasteiger partial charge in [-0.1, -0.05) is 12.1 Å². The summed E-state index contributed by atoms with van der Waals surface area (Å²) in [5.74, 6) is -1.28. The van der Waals surface area contributed by atoms with Gasteiger partial charge in [-0.25, -0.2) is 4.79 Å². The van der Waals surface area contributed by atoms with Crippen LogP contribution in [0.25, 0.3) is 0 Å². The van der Waals surface area contributed by atoms with Crippen LogP contribution in [0.2, 0.25) is 0 Å². The SMILES string of the molecule is COCc1cccc(C(=O)Nc2ccc(C(=O)O)s2)c1. The Morgan fingerprint density at radius 3 is 2.75 bits per heavy atom. The van der Waals surface area contributed by atoms with Crippen LogP contribution < -0.4 is 5.32 Å². The van der Waals surface area contributed by atoms with E-state index in [1.807, 2.05) is 6.07 Å². The number of methoxy groups -OCH3 is 1. The maximum absolute atomic E-state index is 12.1. The molecule has 0 unspecified atom stereocenters. The Kier molecular flexibility index (Phi) is 4.49. The Morgan fingerprint density at radius 2 is 2.10 bits per heavy atom. The molecule has 0 saturated heterocycles. The van der Waals surface area contributed by atoms with Gasteiger partial charge < -0.3 is 15.2 Å². The Hall–Kier alpha value is -2.18. The molecule has 20 heavy (non-hydrogen) atoms. The summed E-state index contributed by atoms with van der Waals surface area (Å²) in [7, 11) is 1.59. The molecule has 2 rings (SSSR count). The molecule has 104 valence electrons. The van der Waals surface area contributed by atoms with Gasteiger partial charge in [0, 0.05) is 12.7 Å². The second-order valence-electron chi connectivity index (χ2n) is 4.06. The molecule has 1 aromatic carbocycles. The molecule has 0 aliphatic rings. The number of rotatable bonds is 5. The summed E-state index contributed by atoms with van der Waals surface area (Å²) in [6.45, 7) is 0.434. The van der Waals surface area contributed by atoms with Crippen LogP contribution in [0.5, 0.6) is 0 Å². The lowest BCUT2D eigenvalue weighted by atomic mass is 10.1. The van der Waals surface area contributed by atoms with Gasteiger partial charge in [0.2, 0.25) is 0 Å². The quantitative estimate of drug-likeness (QED) is 0.888. The van der Waals surface area contributed by atoms with E-state index in [9.17, 15) is 9.59 Å². The van der Waals surface area contributed by atoms with Gasteiger partial charge in [-0.2, -0.15) is 0 Å². The lowest BCUT2D eigenvalue weighted by Gasteiger charge is -2.05. The highest BCUT2D eigenvalue weighted by atomic mass is 32.1. The lowest BCUT2D eigenvalue weighted by molar-refractivity contribution is 0.0702. The van der Waals surface area contributed by atoms with Crippen molar-refractivity contribution < 1.29 is 19.4 Å². The number of carbonyl (C=O) groups is 2. The number of hydrogen-bond donors (Lipinski definition) is 2. The summed E-state index contributed by atoms with van der Waals surface area (Å²) in [6.07, 6.45) is 0. The average molecular weight is 291 g/mol. The van der Waals surface area contributed by atoms with Crippen molar-refractivity contribution >= 4 is 28.2 Å². The van der Waals surface area contributed by atoms with Gasteiger partial charge in [0.05, 0.1) is 11.6 Å². The maximum Gasteiger partial charge on any atom is 0.345 e. The Balaban J connectivity index is 2.10. The molecule has 6 heteroatoms. The van der Waals surface area contributed by atoms with Crippen LogP contribution >= 0.6 is 11.3 Å². The number of carboxylic acids is 1. The topological polar surface area (TPSA) is 75.6 Å². The van der Waals surface area contributed by atoms with E-state index >= 15 is 0 Å². The smallest absolute Gasteiger partial charge is 0.345 e. The molecule has 0 fully saturated rings. The van der Waals surface area contributed by atoms with Crippen molar-refractivity contribution in [2.24, 2.45) is 0 Å². The van der Waals surface area contributed by atoms with E-state index in [0.29, 0.717) is 17.2 Å². The number of benzene rings is 1. The fourth-order valence-corrected chi connectivity index (χ4v) is 2.41. The number of hydrogen-bond acceptors (Lipinski definition) is 4. The van der Waals surface area contributed by atoms with Crippen molar-refractivity contribution in [3.63, 3.8) is 0 Å². The highest BCUT2D eigenvalue weighted by molar-refractivity contribution is 7.18. The van der Waals surface area contributed by atoms with Crippen LogP contribution in [0.1, 0.15) is 25.6 Å². The van der Waals surface area contributed by atoms with Crippen molar-refractivity contribution in [3.8, 4) is 0 Å². The largest absolute Gasteiger partial charge is 0.477 e. The lowest BCUT2D eigenvalue weighted by Crippen LogP contribution is -2.11. The fourth-order valence-electron chi connectivity index (χ4n) is 1.67. The normalized spacial score (nSPS) is 10.2. The predicted molar refractivity (Wildman–Crippen MR) is 76.4 cm³/mol. The molecule has 0 spiro atoms. The van der Waals surface area contributed by atoms with Crippen LogP contribution in [-0.4, -0.2) is 24.1 Å². The first kappa shape index (κ1) is 14.2. The van der Waals surface area contributed by atoms with Gasteiger partial charge in [-0.15, -0.1) is 11.3 Å². The van der Waals surface area contributed by atoms with E-state index in [2.05, 4.69) is 5.32 Å². The molecule has 1 amide bonds. The molecule has 0 atom stereocenters. The standard InChI is InChI=1S/C14H13NO4S/c1-19-8-9-3-2-4-10(7-9)13(16)15-12-6-5-11(20-12)14(17)18/h2-7H,8H2,1H3,(H,15,16)(H,17,18). The Labute approximate surface area is 119 Å². The van der Waals surface area contributed by atoms with Crippen LogP contribution in [0.15, 0.2) is 36.4 Å². The molecule has 0 bridgehead atoms. The second-order valence-corrected chi connectivity index (χ2v) is 5.14. The summed E-state index contributed by atoms with van der Waals surface area (Å²) < 4.78 is 5.02. The van der Waals surface area contributed by atoms with Gasteiger partial charge in [0.15, 0.2) is 0 Å². The van der Waals surface area contributed by atoms with E-state index in [4.69, 9.17) is 9.84 Å². The molecule has 0 aliphatic carbocycles. The molecule has 5 nitrogen and oxygen atoms in total. The maximum atomic E-state index is 12.1. The van der Waals surface area contributed by atoms with E-state index in [1.54, 1.807) is 31.4 Å². The minimum absolute atomic E-state index is 0.188. The van der Waals surface area contributed by atoms with Crippen LogP contribution in [0.4, 0.5) is 5.00 Å². The van der Waals surface area contributed by atoms with Gasteiger partial charge in [-0.05, 0) is 29.8 Å². The van der Waals surface area contributed by atoms with Gasteiger partial charge in [0.1, 0.15) is 4.88 Å². The zero-order valence-electron chi connectivity index (χ0n) is 10.8. The number of thiophene rings is 1. The van der Waals surface area contributed by atoms with Crippen molar-refractivity contribution in [1.82, 2.24) is 0 Å². The summed E-state index contributed by atoms with van der Waals surface area (Å²) in [4.78, 5) is 23.0. The zero-order valence-corrected chi connectivity index (χ0v) is 11.6. The second kappa shape index (κ2) is 6.31. The molecule has 0 saturated carbocycles. The summed E-state index contributed by atoms with van der Waals surface area (Å²) in [5, 5.41) is 12.0. The van der Waals surface area contributed by atoms with E-state index in [-0.39, 0.29) is 10.8 Å². The molecule has 1 heterocycles. The van der Waals surface area contributed by atoms with Gasteiger partial charge in [-0.3, -0.25) is 4.79 Å². The first-order valence-electron chi connectivity index (χ1n) is 5.82. The van der Waals surface area contributed by atoms with Crippen molar-refractivity contribution in [2.75, 3.05) is 12.4 Å². The summed E-state index contributed by atoms with van der Waals surface area (Å²) >= 11 is 1.02. The average Bonchev–Trinajstić information content (AvgIpc) is 2.88. The number of carbonyl (C=O) groups excluding carboxylic acids is 1. The minimum Gasteiger partial charge on any atom is -0.477 e. The highest BCUT2D eigenvalue weighted by Crippen LogP contribution is 2.22. The third kappa shape index (κ3) is 3.43. The highest BCUT2D eigenvalue weighted by Gasteiger charge is 2.11. The molecule has 2 N–H and O–H groups in total. The Bertz CT molecular complexity index is 636. The first-order chi connectivity index (χ1) is 9.60. The number of ether oxygens (including phenoxy) is 1. The third-order valence-electron chi connectivity index (χ3n) is 2.55. The number of anilines is 1. The molecular formula is C14H13NO4S. The summed E-state index contributed by atoms with van der Waals surface area (Å²) in [6, 6.07) is 10.1. The first-order valence-corrected chi connectivity index (χ1v) is 6.64. The zero-order chi connectivity index (χ0) is 14.5. The molecular weight excluding hydrogens is 278 g/mol.